The number of amides is 3. The molecule has 1 fully saturated rings. The highest BCUT2D eigenvalue weighted by Crippen LogP contribution is 2.34. The highest BCUT2D eigenvalue weighted by Gasteiger charge is 2.34. The number of carbonyl (C=O) groups excluding carboxylic acids is 2. The van der Waals surface area contributed by atoms with Gasteiger partial charge in [0.15, 0.2) is 0 Å². The maximum Gasteiger partial charge on any atom is 0.317 e. The average molecular weight is 502 g/mol. The number of hydrazone groups is 1. The molecular formula is C25H32FN5O3S. The van der Waals surface area contributed by atoms with Crippen LogP contribution in [0.3, 0.4) is 0 Å². The molecule has 2 aliphatic heterocycles. The summed E-state index contributed by atoms with van der Waals surface area (Å²) in [7, 11) is 0. The summed E-state index contributed by atoms with van der Waals surface area (Å²) in [5.41, 5.74) is 1.63. The fourth-order valence-electron chi connectivity index (χ4n) is 4.20. The fraction of sp³-hybridized carbons (Fsp3) is 0.480. The van der Waals surface area contributed by atoms with E-state index in [-0.39, 0.29) is 30.3 Å². The predicted molar refractivity (Wildman–Crippen MR) is 134 cm³/mol. The van der Waals surface area contributed by atoms with E-state index in [1.54, 1.807) is 28.4 Å². The first kappa shape index (κ1) is 25.3. The lowest BCUT2D eigenvalue weighted by molar-refractivity contribution is -0.133. The zero-order valence-corrected chi connectivity index (χ0v) is 20.8. The third-order valence-electron chi connectivity index (χ3n) is 6.16. The third kappa shape index (κ3) is 6.65. The molecule has 0 bridgehead atoms. The summed E-state index contributed by atoms with van der Waals surface area (Å²) in [5.74, 6) is -0.592. The van der Waals surface area contributed by atoms with Crippen LogP contribution >= 0.6 is 11.3 Å². The second-order valence-corrected chi connectivity index (χ2v) is 9.59. The van der Waals surface area contributed by atoms with Crippen LogP contribution in [0.4, 0.5) is 9.18 Å². The van der Waals surface area contributed by atoms with Crippen LogP contribution in [0.15, 0.2) is 46.9 Å². The zero-order chi connectivity index (χ0) is 24.6. The first-order chi connectivity index (χ1) is 17.0. The summed E-state index contributed by atoms with van der Waals surface area (Å²) in [6, 6.07) is 9.50. The Morgan fingerprint density at radius 2 is 2.00 bits per heavy atom. The highest BCUT2D eigenvalue weighted by atomic mass is 32.1. The van der Waals surface area contributed by atoms with Crippen LogP contribution in [-0.4, -0.2) is 84.9 Å². The van der Waals surface area contributed by atoms with Crippen LogP contribution in [0.2, 0.25) is 0 Å². The van der Waals surface area contributed by atoms with E-state index >= 15 is 0 Å². The number of nitrogens with one attached hydrogen (secondary N) is 1. The lowest BCUT2D eigenvalue weighted by atomic mass is 10.0. The van der Waals surface area contributed by atoms with Crippen LogP contribution in [-0.2, 0) is 9.53 Å². The normalized spacial score (nSPS) is 18.4. The van der Waals surface area contributed by atoms with Crippen molar-refractivity contribution in [1.82, 2.24) is 20.1 Å². The summed E-state index contributed by atoms with van der Waals surface area (Å²) >= 11 is 1.57. The van der Waals surface area contributed by atoms with Gasteiger partial charge in [-0.15, -0.1) is 11.3 Å². The van der Waals surface area contributed by atoms with Crippen molar-refractivity contribution in [2.45, 2.75) is 25.8 Å². The first-order valence-electron chi connectivity index (χ1n) is 12.1. The van der Waals surface area contributed by atoms with Crippen LogP contribution < -0.4 is 5.32 Å². The molecule has 1 N–H and O–H groups in total. The van der Waals surface area contributed by atoms with Crippen molar-refractivity contribution in [2.75, 3.05) is 52.5 Å². The zero-order valence-electron chi connectivity index (χ0n) is 20.0. The van der Waals surface area contributed by atoms with E-state index in [0.29, 0.717) is 39.3 Å². The minimum absolute atomic E-state index is 0.0845. The fourth-order valence-corrected chi connectivity index (χ4v) is 4.92. The minimum Gasteiger partial charge on any atom is -0.379 e. The lowest BCUT2D eigenvalue weighted by Gasteiger charge is -2.31. The molecule has 10 heteroatoms. The Morgan fingerprint density at radius 1 is 1.23 bits per heavy atom. The van der Waals surface area contributed by atoms with Crippen molar-refractivity contribution in [3.63, 3.8) is 0 Å². The molecule has 0 aliphatic carbocycles. The number of nitrogens with zero attached hydrogens (tertiary/aromatic N) is 4. The van der Waals surface area contributed by atoms with Crippen molar-refractivity contribution < 1.29 is 18.7 Å². The molecule has 35 heavy (non-hydrogen) atoms. The van der Waals surface area contributed by atoms with Gasteiger partial charge in [0.05, 0.1) is 29.8 Å². The summed E-state index contributed by atoms with van der Waals surface area (Å²) in [6.45, 7) is 6.52. The predicted octanol–water partition coefficient (Wildman–Crippen LogP) is 3.32. The monoisotopic (exact) mass is 501 g/mol. The average Bonchev–Trinajstić information content (AvgIpc) is 3.56. The van der Waals surface area contributed by atoms with Crippen molar-refractivity contribution in [3.8, 4) is 0 Å². The third-order valence-corrected chi connectivity index (χ3v) is 7.07. The molecule has 0 radical (unpaired) electrons. The van der Waals surface area contributed by atoms with Gasteiger partial charge in [0.25, 0.3) is 5.91 Å². The lowest BCUT2D eigenvalue weighted by Crippen LogP contribution is -2.49. The molecule has 188 valence electrons. The smallest absolute Gasteiger partial charge is 0.317 e. The number of thiophene rings is 1. The molecule has 2 aromatic rings. The highest BCUT2D eigenvalue weighted by molar-refractivity contribution is 7.12. The molecule has 2 aliphatic rings. The number of morpholine rings is 1. The topological polar surface area (TPSA) is 77.5 Å². The van der Waals surface area contributed by atoms with Gasteiger partial charge in [0.1, 0.15) is 12.4 Å². The maximum atomic E-state index is 13.6. The molecule has 0 saturated carbocycles. The first-order valence-corrected chi connectivity index (χ1v) is 12.9. The van der Waals surface area contributed by atoms with E-state index in [0.717, 1.165) is 35.7 Å². The maximum absolute atomic E-state index is 13.6. The number of carbonyl (C=O) groups is 2. The SMILES string of the molecule is CCCNC(=O)N(CCN1CCOCC1)CC(=O)N1N=C(c2cccs2)C[C@@H]1c1ccc(F)cc1. The van der Waals surface area contributed by atoms with Crippen LogP contribution in [0.5, 0.6) is 0 Å². The Kier molecular flexibility index (Phi) is 8.84. The molecule has 0 spiro atoms. The summed E-state index contributed by atoms with van der Waals surface area (Å²) in [6.07, 6.45) is 1.35. The van der Waals surface area contributed by atoms with Gasteiger partial charge < -0.3 is 15.0 Å². The van der Waals surface area contributed by atoms with Gasteiger partial charge in [-0.2, -0.15) is 5.10 Å². The molecule has 3 heterocycles. The Hall–Kier alpha value is -2.82. The minimum atomic E-state index is -0.347. The van der Waals surface area contributed by atoms with E-state index in [1.807, 2.05) is 24.4 Å². The second kappa shape index (κ2) is 12.2. The molecule has 8 nitrogen and oxygen atoms in total. The Morgan fingerprint density at radius 3 is 2.69 bits per heavy atom. The molecule has 1 aromatic carbocycles. The van der Waals surface area contributed by atoms with Crippen molar-refractivity contribution in [1.29, 1.82) is 0 Å². The standard InChI is InChI=1S/C25H32FN5O3S/c1-2-9-27-25(33)30(11-10-29-12-14-34-15-13-29)18-24(32)31-22(19-5-7-20(26)8-6-19)17-21(28-31)23-4-3-16-35-23/h3-8,16,22H,2,9-15,17-18H2,1H3,(H,27,33)/t22-/m1/s1. The second-order valence-electron chi connectivity index (χ2n) is 8.64. The Bertz CT molecular complexity index is 1010. The van der Waals surface area contributed by atoms with Gasteiger partial charge in [-0.05, 0) is 35.6 Å². The number of hydrogen-bond donors (Lipinski definition) is 1. The Labute approximate surface area is 209 Å². The van der Waals surface area contributed by atoms with Gasteiger partial charge in [0.2, 0.25) is 0 Å². The van der Waals surface area contributed by atoms with E-state index in [1.165, 1.54) is 17.1 Å². The summed E-state index contributed by atoms with van der Waals surface area (Å²) in [5, 5.41) is 11.0. The van der Waals surface area contributed by atoms with Gasteiger partial charge in [-0.1, -0.05) is 25.1 Å². The van der Waals surface area contributed by atoms with E-state index in [9.17, 15) is 14.0 Å². The van der Waals surface area contributed by atoms with Gasteiger partial charge in [-0.25, -0.2) is 14.2 Å². The number of hydrogen-bond acceptors (Lipinski definition) is 6. The van der Waals surface area contributed by atoms with Gasteiger partial charge in [-0.3, -0.25) is 9.69 Å². The Balaban J connectivity index is 1.51. The molecule has 1 aromatic heterocycles. The van der Waals surface area contributed by atoms with Crippen LogP contribution in [0.1, 0.15) is 36.2 Å². The number of ether oxygens (including phenoxy) is 1. The number of rotatable bonds is 9. The van der Waals surface area contributed by atoms with Crippen LogP contribution in [0.25, 0.3) is 0 Å². The molecule has 3 amide bonds. The van der Waals surface area contributed by atoms with Gasteiger partial charge in [0, 0.05) is 39.1 Å². The molecule has 4 rings (SSSR count). The largest absolute Gasteiger partial charge is 0.379 e. The number of urea groups is 1. The summed E-state index contributed by atoms with van der Waals surface area (Å²) in [4.78, 5) is 31.2. The van der Waals surface area contributed by atoms with Crippen LogP contribution in [0, 0.1) is 5.82 Å². The van der Waals surface area contributed by atoms with E-state index < -0.39 is 0 Å². The number of halogens is 1. The van der Waals surface area contributed by atoms with Crippen molar-refractivity contribution >= 4 is 29.0 Å². The quantitative estimate of drug-likeness (QED) is 0.572. The molecular weight excluding hydrogens is 469 g/mol. The van der Waals surface area contributed by atoms with E-state index in [2.05, 4.69) is 15.3 Å². The van der Waals surface area contributed by atoms with Gasteiger partial charge >= 0.3 is 6.03 Å². The molecule has 1 saturated heterocycles. The number of benzene rings is 1. The molecule has 1 atom stereocenters. The van der Waals surface area contributed by atoms with E-state index in [4.69, 9.17) is 4.74 Å². The van der Waals surface area contributed by atoms with Crippen molar-refractivity contribution in [2.24, 2.45) is 5.10 Å². The molecule has 0 unspecified atom stereocenters. The summed E-state index contributed by atoms with van der Waals surface area (Å²) < 4.78 is 19.0. The van der Waals surface area contributed by atoms with Crippen molar-refractivity contribution in [3.05, 3.63) is 58.0 Å².